The molecule has 1 N–H and O–H groups in total. The number of fused-ring (bicyclic) bond motifs is 1. The number of rotatable bonds is 7. The van der Waals surface area contributed by atoms with Crippen LogP contribution in [0.15, 0.2) is 42.5 Å². The van der Waals surface area contributed by atoms with Gasteiger partial charge in [-0.05, 0) is 55.3 Å². The number of carbonyl (C=O) groups excluding carboxylic acids is 2. The third-order valence-electron chi connectivity index (χ3n) is 5.05. The van der Waals surface area contributed by atoms with Gasteiger partial charge in [0.25, 0.3) is 5.91 Å². The molecule has 9 heteroatoms. The average molecular weight is 432 g/mol. The van der Waals surface area contributed by atoms with E-state index < -0.39 is 15.9 Å². The van der Waals surface area contributed by atoms with Crippen LogP contribution in [-0.4, -0.2) is 57.5 Å². The molecule has 8 nitrogen and oxygen atoms in total. The Morgan fingerprint density at radius 1 is 1.17 bits per heavy atom. The minimum absolute atomic E-state index is 0.0714. The second kappa shape index (κ2) is 8.85. The monoisotopic (exact) mass is 431 g/mol. The fourth-order valence-corrected chi connectivity index (χ4v) is 4.03. The Morgan fingerprint density at radius 3 is 2.50 bits per heavy atom. The first-order valence-corrected chi connectivity index (χ1v) is 11.2. The average Bonchev–Trinajstić information content (AvgIpc) is 3.16. The van der Waals surface area contributed by atoms with Crippen LogP contribution in [0.2, 0.25) is 0 Å². The Labute approximate surface area is 176 Å². The van der Waals surface area contributed by atoms with Gasteiger partial charge in [-0.25, -0.2) is 8.42 Å². The van der Waals surface area contributed by atoms with Crippen molar-refractivity contribution < 1.29 is 22.7 Å². The van der Waals surface area contributed by atoms with E-state index in [2.05, 4.69) is 5.32 Å². The topological polar surface area (TPSA) is 96.0 Å². The summed E-state index contributed by atoms with van der Waals surface area (Å²) in [5.41, 5.74) is 2.81. The molecule has 1 aliphatic rings. The number of methoxy groups -OCH3 is 1. The molecule has 0 saturated carbocycles. The summed E-state index contributed by atoms with van der Waals surface area (Å²) in [6.45, 7) is 1.80. The van der Waals surface area contributed by atoms with E-state index in [0.29, 0.717) is 23.5 Å². The first-order chi connectivity index (χ1) is 14.2. The first-order valence-electron chi connectivity index (χ1n) is 9.58. The fraction of sp³-hybridized carbons (Fsp3) is 0.333. The van der Waals surface area contributed by atoms with Crippen molar-refractivity contribution in [3.63, 3.8) is 0 Å². The van der Waals surface area contributed by atoms with Gasteiger partial charge in [-0.3, -0.25) is 9.59 Å². The molecular weight excluding hydrogens is 406 g/mol. The van der Waals surface area contributed by atoms with E-state index in [1.807, 2.05) is 6.07 Å². The molecule has 0 aromatic heterocycles. The molecule has 0 spiro atoms. The Kier molecular flexibility index (Phi) is 6.42. The maximum atomic E-state index is 13.0. The number of carbonyl (C=O) groups is 2. The lowest BCUT2D eigenvalue weighted by Crippen LogP contribution is -2.35. The number of sulfonamides is 1. The lowest BCUT2D eigenvalue weighted by molar-refractivity contribution is -0.116. The Hall–Kier alpha value is -2.91. The molecule has 0 bridgehead atoms. The number of nitrogens with zero attached hydrogens (tertiary/aromatic N) is 2. The predicted octanol–water partition coefficient (Wildman–Crippen LogP) is 2.12. The minimum Gasteiger partial charge on any atom is -0.497 e. The van der Waals surface area contributed by atoms with Gasteiger partial charge in [-0.2, -0.15) is 4.31 Å². The summed E-state index contributed by atoms with van der Waals surface area (Å²) < 4.78 is 29.8. The van der Waals surface area contributed by atoms with Crippen LogP contribution in [0.5, 0.6) is 5.75 Å². The summed E-state index contributed by atoms with van der Waals surface area (Å²) in [5, 5.41) is 2.71. The molecule has 1 aliphatic heterocycles. The Balaban J connectivity index is 1.74. The van der Waals surface area contributed by atoms with Crippen LogP contribution in [-0.2, 0) is 21.2 Å². The van der Waals surface area contributed by atoms with Crippen LogP contribution in [0.1, 0.15) is 22.8 Å². The number of anilines is 2. The highest BCUT2D eigenvalue weighted by Crippen LogP contribution is 2.32. The molecule has 0 radical (unpaired) electrons. The van der Waals surface area contributed by atoms with Gasteiger partial charge in [0.15, 0.2) is 0 Å². The molecule has 0 saturated heterocycles. The number of hydrogen-bond donors (Lipinski definition) is 1. The zero-order chi connectivity index (χ0) is 21.9. The van der Waals surface area contributed by atoms with Gasteiger partial charge < -0.3 is 15.0 Å². The number of amides is 2. The van der Waals surface area contributed by atoms with Crippen molar-refractivity contribution in [2.75, 3.05) is 43.2 Å². The van der Waals surface area contributed by atoms with Crippen LogP contribution in [0.25, 0.3) is 0 Å². The second-order valence-electron chi connectivity index (χ2n) is 6.98. The van der Waals surface area contributed by atoms with Crippen molar-refractivity contribution in [1.29, 1.82) is 0 Å². The van der Waals surface area contributed by atoms with Crippen molar-refractivity contribution in [1.82, 2.24) is 4.31 Å². The van der Waals surface area contributed by atoms with E-state index in [1.165, 1.54) is 14.0 Å². The van der Waals surface area contributed by atoms with Gasteiger partial charge in [0, 0.05) is 30.5 Å². The standard InChI is InChI=1S/C21H25N3O5S/c1-4-30(27,28)23(2)14-20(25)22-17-8-5-15-11-12-24(19(15)13-17)21(26)16-6-9-18(29-3)10-7-16/h5-10,13H,4,11-12,14H2,1-3H3,(H,22,25). The maximum absolute atomic E-state index is 13.0. The summed E-state index contributed by atoms with van der Waals surface area (Å²) in [6.07, 6.45) is 0.725. The van der Waals surface area contributed by atoms with Gasteiger partial charge in [0.05, 0.1) is 19.4 Å². The van der Waals surface area contributed by atoms with Crippen molar-refractivity contribution in [3.05, 3.63) is 53.6 Å². The van der Waals surface area contributed by atoms with Crippen molar-refractivity contribution in [2.24, 2.45) is 0 Å². The molecule has 0 aliphatic carbocycles. The van der Waals surface area contributed by atoms with Gasteiger partial charge in [0.2, 0.25) is 15.9 Å². The molecule has 0 unspecified atom stereocenters. The molecule has 0 atom stereocenters. The smallest absolute Gasteiger partial charge is 0.258 e. The quantitative estimate of drug-likeness (QED) is 0.724. The van der Waals surface area contributed by atoms with Gasteiger partial charge in [0.1, 0.15) is 5.75 Å². The van der Waals surface area contributed by atoms with Gasteiger partial charge in [-0.15, -0.1) is 0 Å². The normalized spacial score (nSPS) is 13.3. The third-order valence-corrected chi connectivity index (χ3v) is 6.86. The van der Waals surface area contributed by atoms with Crippen LogP contribution < -0.4 is 15.0 Å². The second-order valence-corrected chi connectivity index (χ2v) is 9.35. The van der Waals surface area contributed by atoms with Gasteiger partial charge >= 0.3 is 0 Å². The van der Waals surface area contributed by atoms with E-state index in [4.69, 9.17) is 4.74 Å². The van der Waals surface area contributed by atoms with Crippen molar-refractivity contribution in [2.45, 2.75) is 13.3 Å². The summed E-state index contributed by atoms with van der Waals surface area (Å²) in [7, 11) is -0.500. The molecule has 1 heterocycles. The Bertz CT molecular complexity index is 1050. The number of likely N-dealkylation sites (N-methyl/N-ethyl adjacent to an activating group) is 1. The zero-order valence-corrected chi connectivity index (χ0v) is 18.0. The van der Waals surface area contributed by atoms with E-state index in [9.17, 15) is 18.0 Å². The van der Waals surface area contributed by atoms with Gasteiger partial charge in [-0.1, -0.05) is 6.07 Å². The highest BCUT2D eigenvalue weighted by atomic mass is 32.2. The molecular formula is C21H25N3O5S. The highest BCUT2D eigenvalue weighted by molar-refractivity contribution is 7.89. The van der Waals surface area contributed by atoms with E-state index in [0.717, 1.165) is 22.0 Å². The van der Waals surface area contributed by atoms with E-state index >= 15 is 0 Å². The molecule has 3 rings (SSSR count). The summed E-state index contributed by atoms with van der Waals surface area (Å²) >= 11 is 0. The third kappa shape index (κ3) is 4.63. The zero-order valence-electron chi connectivity index (χ0n) is 17.2. The van der Waals surface area contributed by atoms with Crippen LogP contribution in [0, 0.1) is 0 Å². The van der Waals surface area contributed by atoms with E-state index in [1.54, 1.807) is 48.4 Å². The molecule has 0 fully saturated rings. The predicted molar refractivity (Wildman–Crippen MR) is 116 cm³/mol. The maximum Gasteiger partial charge on any atom is 0.258 e. The number of hydrogen-bond acceptors (Lipinski definition) is 5. The van der Waals surface area contributed by atoms with Crippen LogP contribution in [0.3, 0.4) is 0 Å². The lowest BCUT2D eigenvalue weighted by Gasteiger charge is -2.19. The van der Waals surface area contributed by atoms with Crippen LogP contribution >= 0.6 is 0 Å². The molecule has 2 aromatic carbocycles. The largest absolute Gasteiger partial charge is 0.497 e. The highest BCUT2D eigenvalue weighted by Gasteiger charge is 2.26. The molecule has 2 amide bonds. The first kappa shape index (κ1) is 21.8. The van der Waals surface area contributed by atoms with E-state index in [-0.39, 0.29) is 18.2 Å². The number of ether oxygens (including phenoxy) is 1. The summed E-state index contributed by atoms with van der Waals surface area (Å²) in [4.78, 5) is 26.9. The fourth-order valence-electron chi connectivity index (χ4n) is 3.28. The number of nitrogens with one attached hydrogen (secondary N) is 1. The van der Waals surface area contributed by atoms with Crippen molar-refractivity contribution >= 4 is 33.2 Å². The molecule has 30 heavy (non-hydrogen) atoms. The Morgan fingerprint density at radius 2 is 1.87 bits per heavy atom. The number of benzene rings is 2. The summed E-state index contributed by atoms with van der Waals surface area (Å²) in [5.74, 6) is 0.0282. The molecule has 160 valence electrons. The lowest BCUT2D eigenvalue weighted by atomic mass is 10.1. The minimum atomic E-state index is -3.44. The molecule has 2 aromatic rings. The summed E-state index contributed by atoms with van der Waals surface area (Å²) in [6, 6.07) is 12.3. The van der Waals surface area contributed by atoms with Crippen LogP contribution in [0.4, 0.5) is 11.4 Å². The SMILES string of the molecule is CCS(=O)(=O)N(C)CC(=O)Nc1ccc2c(c1)N(C(=O)c1ccc(OC)cc1)CC2. The van der Waals surface area contributed by atoms with Crippen molar-refractivity contribution in [3.8, 4) is 5.75 Å².